The Labute approximate surface area is 107 Å². The van der Waals surface area contributed by atoms with Gasteiger partial charge in [0.2, 0.25) is 0 Å². The average Bonchev–Trinajstić information content (AvgIpc) is 2.39. The molecule has 0 saturated heterocycles. The SMILES string of the molecule is C=CC(F)(F)C(F)(F)c1ccc(C(=O)OCC)cc1. The summed E-state index contributed by atoms with van der Waals surface area (Å²) in [5, 5.41) is 0. The van der Waals surface area contributed by atoms with Crippen molar-refractivity contribution in [3.63, 3.8) is 0 Å². The van der Waals surface area contributed by atoms with Crippen LogP contribution in [0.25, 0.3) is 0 Å². The minimum absolute atomic E-state index is 0.0170. The number of ether oxygens (including phenoxy) is 1. The number of alkyl halides is 4. The van der Waals surface area contributed by atoms with Crippen molar-refractivity contribution < 1.29 is 27.1 Å². The van der Waals surface area contributed by atoms with Gasteiger partial charge in [0.05, 0.1) is 12.2 Å². The fourth-order valence-corrected chi connectivity index (χ4v) is 1.35. The monoisotopic (exact) mass is 276 g/mol. The predicted octanol–water partition coefficient (Wildman–Crippen LogP) is 3.78. The van der Waals surface area contributed by atoms with Crippen LogP contribution >= 0.6 is 0 Å². The quantitative estimate of drug-likeness (QED) is 0.465. The van der Waals surface area contributed by atoms with Crippen molar-refractivity contribution in [1.82, 2.24) is 0 Å². The first-order chi connectivity index (χ1) is 8.76. The van der Waals surface area contributed by atoms with E-state index in [-0.39, 0.29) is 18.2 Å². The summed E-state index contributed by atoms with van der Waals surface area (Å²) in [6.45, 7) is 4.41. The van der Waals surface area contributed by atoms with Gasteiger partial charge in [-0.15, -0.1) is 0 Å². The van der Waals surface area contributed by atoms with Crippen molar-refractivity contribution in [3.8, 4) is 0 Å². The molecule has 0 fully saturated rings. The maximum absolute atomic E-state index is 13.5. The van der Waals surface area contributed by atoms with E-state index in [1.807, 2.05) is 0 Å². The molecule has 0 amide bonds. The normalized spacial score (nSPS) is 12.1. The molecular formula is C13H12F4O2. The second kappa shape index (κ2) is 5.42. The standard InChI is InChI=1S/C13H12F4O2/c1-3-12(14,15)13(16,17)10-7-5-9(6-8-10)11(18)19-4-2/h3,5-8H,1,4H2,2H3. The van der Waals surface area contributed by atoms with E-state index in [0.717, 1.165) is 24.3 Å². The Morgan fingerprint density at radius 1 is 1.26 bits per heavy atom. The lowest BCUT2D eigenvalue weighted by atomic mass is 10.0. The first-order valence-electron chi connectivity index (χ1n) is 5.43. The Hall–Kier alpha value is -1.85. The lowest BCUT2D eigenvalue weighted by molar-refractivity contribution is -0.186. The van der Waals surface area contributed by atoms with Crippen LogP contribution in [-0.2, 0) is 10.7 Å². The second-order valence-corrected chi connectivity index (χ2v) is 3.70. The summed E-state index contributed by atoms with van der Waals surface area (Å²) in [6, 6.07) is 3.56. The Morgan fingerprint density at radius 3 is 2.21 bits per heavy atom. The van der Waals surface area contributed by atoms with Gasteiger partial charge in [0.15, 0.2) is 0 Å². The van der Waals surface area contributed by atoms with Crippen molar-refractivity contribution in [2.75, 3.05) is 6.61 Å². The summed E-state index contributed by atoms with van der Waals surface area (Å²) in [5.41, 5.74) is -0.881. The molecule has 1 rings (SSSR count). The first kappa shape index (κ1) is 15.2. The molecule has 6 heteroatoms. The van der Waals surface area contributed by atoms with Gasteiger partial charge in [-0.3, -0.25) is 0 Å². The van der Waals surface area contributed by atoms with Crippen LogP contribution in [0, 0.1) is 0 Å². The number of rotatable bonds is 5. The smallest absolute Gasteiger partial charge is 0.339 e. The van der Waals surface area contributed by atoms with E-state index in [2.05, 4.69) is 11.3 Å². The maximum Gasteiger partial charge on any atom is 0.339 e. The van der Waals surface area contributed by atoms with Gasteiger partial charge in [-0.05, 0) is 25.1 Å². The highest BCUT2D eigenvalue weighted by Crippen LogP contribution is 2.43. The lowest BCUT2D eigenvalue weighted by Crippen LogP contribution is -2.35. The molecule has 0 aliphatic heterocycles. The molecule has 1 aromatic carbocycles. The van der Waals surface area contributed by atoms with Crippen molar-refractivity contribution >= 4 is 5.97 Å². The largest absolute Gasteiger partial charge is 0.462 e. The molecule has 0 N–H and O–H groups in total. The summed E-state index contributed by atoms with van der Waals surface area (Å²) < 4.78 is 57.7. The molecule has 0 heterocycles. The molecule has 0 unspecified atom stereocenters. The number of carbonyl (C=O) groups excluding carboxylic acids is 1. The summed E-state index contributed by atoms with van der Waals surface area (Å²) in [6.07, 6.45) is -0.105. The maximum atomic E-state index is 13.5. The number of hydrogen-bond acceptors (Lipinski definition) is 2. The second-order valence-electron chi connectivity index (χ2n) is 3.70. The highest BCUT2D eigenvalue weighted by Gasteiger charge is 2.55. The summed E-state index contributed by atoms with van der Waals surface area (Å²) >= 11 is 0. The molecule has 0 aromatic heterocycles. The molecule has 0 aliphatic rings. The number of halogens is 4. The van der Waals surface area contributed by atoms with Gasteiger partial charge in [-0.25, -0.2) is 4.79 Å². The van der Waals surface area contributed by atoms with E-state index in [0.29, 0.717) is 0 Å². The third kappa shape index (κ3) is 2.94. The van der Waals surface area contributed by atoms with Crippen LogP contribution in [0.1, 0.15) is 22.8 Å². The molecule has 0 saturated carbocycles. The van der Waals surface area contributed by atoms with Crippen molar-refractivity contribution in [2.24, 2.45) is 0 Å². The molecule has 1 aromatic rings. The van der Waals surface area contributed by atoms with Crippen molar-refractivity contribution in [2.45, 2.75) is 18.8 Å². The molecule has 2 nitrogen and oxygen atoms in total. The number of benzene rings is 1. The van der Waals surface area contributed by atoms with Crippen LogP contribution in [0.15, 0.2) is 36.9 Å². The number of allylic oxidation sites excluding steroid dienone is 1. The Balaban J connectivity index is 3.05. The summed E-state index contributed by atoms with van der Waals surface area (Å²) in [4.78, 5) is 11.3. The van der Waals surface area contributed by atoms with Gasteiger partial charge in [0.25, 0.3) is 0 Å². The number of esters is 1. The highest BCUT2D eigenvalue weighted by molar-refractivity contribution is 5.89. The Bertz CT molecular complexity index is 466. The molecule has 0 atom stereocenters. The zero-order valence-corrected chi connectivity index (χ0v) is 10.1. The van der Waals surface area contributed by atoms with Crippen LogP contribution in [0.5, 0.6) is 0 Å². The fourth-order valence-electron chi connectivity index (χ4n) is 1.35. The highest BCUT2D eigenvalue weighted by atomic mass is 19.3. The van der Waals surface area contributed by atoms with Gasteiger partial charge < -0.3 is 4.74 Å². The van der Waals surface area contributed by atoms with E-state index >= 15 is 0 Å². The minimum atomic E-state index is -4.39. The van der Waals surface area contributed by atoms with Gasteiger partial charge in [0.1, 0.15) is 0 Å². The van der Waals surface area contributed by atoms with Gasteiger partial charge in [-0.1, -0.05) is 18.7 Å². The van der Waals surface area contributed by atoms with Crippen LogP contribution in [-0.4, -0.2) is 18.5 Å². The zero-order valence-electron chi connectivity index (χ0n) is 10.1. The van der Waals surface area contributed by atoms with Gasteiger partial charge in [-0.2, -0.15) is 17.6 Å². The number of carbonyl (C=O) groups is 1. The number of hydrogen-bond donors (Lipinski definition) is 0. The van der Waals surface area contributed by atoms with Crippen LogP contribution in [0.3, 0.4) is 0 Å². The molecule has 19 heavy (non-hydrogen) atoms. The summed E-state index contributed by atoms with van der Waals surface area (Å²) in [5.74, 6) is -9.45. The molecule has 0 aliphatic carbocycles. The van der Waals surface area contributed by atoms with Crippen molar-refractivity contribution in [3.05, 3.63) is 48.0 Å². The molecule has 104 valence electrons. The van der Waals surface area contributed by atoms with Gasteiger partial charge >= 0.3 is 17.8 Å². The lowest BCUT2D eigenvalue weighted by Gasteiger charge is -2.24. The molecule has 0 radical (unpaired) electrons. The first-order valence-corrected chi connectivity index (χ1v) is 5.43. The predicted molar refractivity (Wildman–Crippen MR) is 61.4 cm³/mol. The average molecular weight is 276 g/mol. The van der Waals surface area contributed by atoms with Crippen LogP contribution in [0.4, 0.5) is 17.6 Å². The zero-order chi connectivity index (χ0) is 14.7. The van der Waals surface area contributed by atoms with E-state index < -0.39 is 23.4 Å². The van der Waals surface area contributed by atoms with Crippen molar-refractivity contribution in [1.29, 1.82) is 0 Å². The topological polar surface area (TPSA) is 26.3 Å². The van der Waals surface area contributed by atoms with E-state index in [1.54, 1.807) is 6.92 Å². The molecular weight excluding hydrogens is 264 g/mol. The fraction of sp³-hybridized carbons (Fsp3) is 0.308. The molecule has 0 spiro atoms. The minimum Gasteiger partial charge on any atom is -0.462 e. The third-order valence-corrected chi connectivity index (χ3v) is 2.43. The van der Waals surface area contributed by atoms with Crippen LogP contribution in [0.2, 0.25) is 0 Å². The Morgan fingerprint density at radius 2 is 1.79 bits per heavy atom. The van der Waals surface area contributed by atoms with E-state index in [1.165, 1.54) is 0 Å². The summed E-state index contributed by atoms with van der Waals surface area (Å²) in [7, 11) is 0. The third-order valence-electron chi connectivity index (χ3n) is 2.43. The van der Waals surface area contributed by atoms with Gasteiger partial charge in [0, 0.05) is 5.56 Å². The molecule has 0 bridgehead atoms. The van der Waals surface area contributed by atoms with E-state index in [9.17, 15) is 22.4 Å². The van der Waals surface area contributed by atoms with Crippen LogP contribution < -0.4 is 0 Å². The Kier molecular flexibility index (Phi) is 4.34. The van der Waals surface area contributed by atoms with E-state index in [4.69, 9.17) is 0 Å².